The van der Waals surface area contributed by atoms with Crippen LogP contribution in [-0.2, 0) is 77.9 Å². The minimum absolute atomic E-state index is 0.00875. The van der Waals surface area contributed by atoms with Crippen molar-refractivity contribution in [2.45, 2.75) is 151 Å². The molecule has 5 saturated heterocycles. The maximum absolute atomic E-state index is 14.4. The first-order valence-electron chi connectivity index (χ1n) is 29.0. The van der Waals surface area contributed by atoms with E-state index in [0.717, 1.165) is 0 Å². The number of imide groups is 1. The largest absolute Gasteiger partial charge is 0.507 e. The number of aliphatic hydroxyl groups excluding tert-OH is 3. The average Bonchev–Trinajstić information content (AvgIpc) is 1.33. The zero-order chi connectivity index (χ0) is 64.7. The quantitative estimate of drug-likeness (QED) is 0.0257. The Hall–Kier alpha value is -7.34. The number of nitrogens with zero attached hydrogens (tertiary/aromatic N) is 2. The number of carbonyl (C=O) groups excluding carboxylic acids is 9. The predicted molar refractivity (Wildman–Crippen MR) is 290 cm³/mol. The molecule has 2 aromatic rings. The van der Waals surface area contributed by atoms with E-state index in [2.05, 4.69) is 26.6 Å². The molecular formula is C56H71N7O25. The molecule has 0 aromatic heterocycles. The van der Waals surface area contributed by atoms with Crippen LogP contribution in [-0.4, -0.2) is 250 Å². The van der Waals surface area contributed by atoms with Crippen molar-refractivity contribution in [3.63, 3.8) is 0 Å². The Balaban J connectivity index is 0.906. The summed E-state index contributed by atoms with van der Waals surface area (Å²) in [5.41, 5.74) is -4.62. The van der Waals surface area contributed by atoms with E-state index in [1.165, 1.54) is 46.3 Å². The Bertz CT molecular complexity index is 3150. The number of rotatable bonds is 22. The van der Waals surface area contributed by atoms with Gasteiger partial charge in [0.15, 0.2) is 37.0 Å². The minimum Gasteiger partial charge on any atom is -0.507 e. The number of amides is 7. The number of aliphatic carboxylic acids is 1. The van der Waals surface area contributed by atoms with E-state index in [0.29, 0.717) is 18.1 Å². The molecule has 0 saturated carbocycles. The van der Waals surface area contributed by atoms with Gasteiger partial charge in [0.2, 0.25) is 41.2 Å². The Morgan fingerprint density at radius 2 is 1.57 bits per heavy atom. The number of ketones is 2. The molecule has 7 aliphatic rings. The molecule has 12 N–H and O–H groups in total. The highest BCUT2D eigenvalue weighted by Gasteiger charge is 2.56. The van der Waals surface area contributed by atoms with Gasteiger partial charge in [-0.3, -0.25) is 53.0 Å². The van der Waals surface area contributed by atoms with Crippen LogP contribution < -0.4 is 31.3 Å². The van der Waals surface area contributed by atoms with E-state index in [1.54, 1.807) is 6.92 Å². The van der Waals surface area contributed by atoms with Crippen LogP contribution >= 0.6 is 0 Å². The van der Waals surface area contributed by atoms with Crippen LogP contribution in [0.2, 0.25) is 0 Å². The van der Waals surface area contributed by atoms with Gasteiger partial charge in [0.05, 0.1) is 49.2 Å². The molecular weight excluding hydrogens is 1170 g/mol. The molecule has 480 valence electrons. The summed E-state index contributed by atoms with van der Waals surface area (Å²) in [4.78, 5) is 135. The Kier molecular flexibility index (Phi) is 19.4. The van der Waals surface area contributed by atoms with Gasteiger partial charge in [0.25, 0.3) is 5.91 Å². The molecule has 1 unspecified atom stereocenters. The minimum atomic E-state index is -2.55. The highest BCUT2D eigenvalue weighted by atomic mass is 16.7. The summed E-state index contributed by atoms with van der Waals surface area (Å²) in [6.07, 6.45) is -19.1. The maximum Gasteiger partial charge on any atom is 0.335 e. The summed E-state index contributed by atoms with van der Waals surface area (Å²) in [5, 5.41) is 90.0. The van der Waals surface area contributed by atoms with Crippen molar-refractivity contribution in [1.82, 2.24) is 36.4 Å². The predicted octanol–water partition coefficient (Wildman–Crippen LogP) is -4.43. The molecule has 5 fully saturated rings. The number of likely N-dealkylation sites (tertiary alicyclic amines) is 1. The highest BCUT2D eigenvalue weighted by molar-refractivity contribution is 6.31. The van der Waals surface area contributed by atoms with E-state index in [4.69, 9.17) is 39.3 Å². The summed E-state index contributed by atoms with van der Waals surface area (Å²) < 4.78 is 54.3. The third-order valence-corrected chi connectivity index (χ3v) is 16.4. The van der Waals surface area contributed by atoms with Gasteiger partial charge >= 0.3 is 5.97 Å². The third kappa shape index (κ3) is 12.9. The number of carbonyl (C=O) groups is 10. The van der Waals surface area contributed by atoms with Gasteiger partial charge in [0.1, 0.15) is 65.9 Å². The monoisotopic (exact) mass is 1240 g/mol. The number of nitrogens with one attached hydrogen (secondary N) is 5. The Morgan fingerprint density at radius 3 is 2.25 bits per heavy atom. The van der Waals surface area contributed by atoms with Gasteiger partial charge < -0.3 is 100 Å². The number of hydrogen-bond acceptors (Lipinski definition) is 25. The lowest BCUT2D eigenvalue weighted by Gasteiger charge is -2.43. The van der Waals surface area contributed by atoms with Crippen molar-refractivity contribution in [2.75, 3.05) is 60.2 Å². The average molecular weight is 1240 g/mol. The normalized spacial score (nSPS) is 30.8. The van der Waals surface area contributed by atoms with E-state index in [-0.39, 0.29) is 53.4 Å². The van der Waals surface area contributed by atoms with E-state index in [1.807, 2.05) is 4.90 Å². The fourth-order valence-electron chi connectivity index (χ4n) is 12.0. The number of hydrogen-bond donors (Lipinski definition) is 12. The van der Waals surface area contributed by atoms with Crippen molar-refractivity contribution >= 4 is 58.9 Å². The van der Waals surface area contributed by atoms with Crippen LogP contribution in [0.25, 0.3) is 0 Å². The molecule has 2 aliphatic carbocycles. The zero-order valence-electron chi connectivity index (χ0n) is 49.3. The van der Waals surface area contributed by atoms with Crippen molar-refractivity contribution in [1.29, 1.82) is 0 Å². The molecule has 2 aromatic carbocycles. The number of carboxylic acid groups (broad SMARTS) is 1. The van der Waals surface area contributed by atoms with E-state index in [9.17, 15) is 83.7 Å². The molecule has 0 spiro atoms. The second kappa shape index (κ2) is 26.8. The number of morpholine rings is 1. The standard InChI is InChI=1S/C56H71N7O25/c1-22(2)39(61-30(64)11-12-57-31(65)20-63-32(66)9-10-33(63)67)50(76)60-26(21-84-53-46(74)44(72)45(73)48(88-53)52(77)78)49(75)58-13-14-59-55(79)56(80)18-25-36(43(71)38-37(41(25)69)40(68)24-7-6-8-28(81-4)35(24)42(38)70)29(19-56)86-34-17-27-47(23(3)85-34)87-51-54(82-5)83-16-15-62(27)51/h6-8,22-23,26-27,29,34,39,44-48,51,53-54,69,71-74,80H,9-21H2,1-5H3,(H,57,65)(H,58,75)(H,59,79)(H,60,76)(H,61,64)(H,77,78)/t23-,26-,27-,29-,34-,39-,44-,45-,46+,47+,48-,51+,53+,54-,56-/m0/s1/i9T/t9?,23-,26-,27-,29-,34-,39-,44-,45-,46+,47+,48-,51+,53+,54-,56-. The van der Waals surface area contributed by atoms with Crippen LogP contribution in [0.15, 0.2) is 18.2 Å². The molecule has 7 amide bonds. The fourth-order valence-corrected chi connectivity index (χ4v) is 12.0. The van der Waals surface area contributed by atoms with Gasteiger partial charge in [-0.1, -0.05) is 26.0 Å². The highest BCUT2D eigenvalue weighted by Crippen LogP contribution is 2.53. The van der Waals surface area contributed by atoms with E-state index < -0.39 is 225 Å². The summed E-state index contributed by atoms with van der Waals surface area (Å²) in [6, 6.07) is 0.653. The van der Waals surface area contributed by atoms with Crippen molar-refractivity contribution < 1.29 is 123 Å². The summed E-state index contributed by atoms with van der Waals surface area (Å²) in [6.45, 7) is 2.64. The summed E-state index contributed by atoms with van der Waals surface area (Å²) >= 11 is 0. The number of aliphatic hydroxyl groups is 4. The van der Waals surface area contributed by atoms with Gasteiger partial charge in [-0.25, -0.2) is 4.79 Å². The number of phenolic OH excluding ortho intramolecular Hbond substituents is 2. The maximum atomic E-state index is 14.4. The number of phenols is 2. The van der Waals surface area contributed by atoms with Gasteiger partial charge in [0, 0.05) is 95.9 Å². The third-order valence-electron chi connectivity index (χ3n) is 16.4. The van der Waals surface area contributed by atoms with Crippen LogP contribution in [0, 0.1) is 5.92 Å². The Morgan fingerprint density at radius 1 is 0.841 bits per heavy atom. The molecule has 88 heavy (non-hydrogen) atoms. The SMILES string of the molecule is [3H]C1CC(=O)N(CC(=O)NCCC(=O)N[C@H](C(=O)N[C@@H](CO[C@@H]2O[C@H](C(=O)O)[C@@H](O)[C@H](O)[C@H]2O)C(=O)NCCNC(=O)[C@]2(O)Cc3c(O)c4c(c(O)c3[C@@H](O[C@H]3C[C@H]5[C@H](O[C@@H]6[C@@H](OC)OCCN65)[C@H](C)O3)C2)C(=O)c2c(OC)cccc2C4=O)C(C)C)C1=O. The molecule has 16 atom stereocenters. The topological polar surface area (TPSA) is 453 Å². The van der Waals surface area contributed by atoms with Gasteiger partial charge in [-0.15, -0.1) is 0 Å². The van der Waals surface area contributed by atoms with Crippen molar-refractivity contribution in [3.8, 4) is 17.2 Å². The first kappa shape index (κ1) is 63.7. The second-order valence-electron chi connectivity index (χ2n) is 22.5. The molecule has 5 heterocycles. The molecule has 0 radical (unpaired) electrons. The smallest absolute Gasteiger partial charge is 0.335 e. The van der Waals surface area contributed by atoms with Crippen LogP contribution in [0.5, 0.6) is 17.2 Å². The molecule has 9 rings (SSSR count). The van der Waals surface area contributed by atoms with Gasteiger partial charge in [-0.05, 0) is 18.9 Å². The van der Waals surface area contributed by atoms with E-state index >= 15 is 0 Å². The molecule has 32 heteroatoms. The molecule has 32 nitrogen and oxygen atoms in total. The first-order chi connectivity index (χ1) is 42.2. The van der Waals surface area contributed by atoms with Crippen molar-refractivity contribution in [3.05, 3.63) is 51.6 Å². The molecule has 5 aliphatic heterocycles. The number of aromatic hydroxyl groups is 2. The fraction of sp³-hybridized carbons (Fsp3) is 0.607. The lowest BCUT2D eigenvalue weighted by molar-refractivity contribution is -0.294. The van der Waals surface area contributed by atoms with Crippen molar-refractivity contribution in [2.24, 2.45) is 5.92 Å². The number of methoxy groups -OCH3 is 2. The van der Waals surface area contributed by atoms with Crippen LogP contribution in [0.1, 0.15) is 103 Å². The van der Waals surface area contributed by atoms with Crippen LogP contribution in [0.3, 0.4) is 0 Å². The number of carboxylic acids is 1. The number of benzene rings is 2. The summed E-state index contributed by atoms with van der Waals surface area (Å²) in [5.74, 6) is -12.2. The lowest BCUT2D eigenvalue weighted by Crippen LogP contribution is -2.61. The summed E-state index contributed by atoms with van der Waals surface area (Å²) in [7, 11) is 2.76. The second-order valence-corrected chi connectivity index (χ2v) is 22.5. The van der Waals surface area contributed by atoms with Crippen LogP contribution in [0.4, 0.5) is 0 Å². The number of ether oxygens (including phenoxy) is 8. The number of fused-ring (bicyclic) bond motifs is 6. The first-order valence-corrected chi connectivity index (χ1v) is 28.4. The lowest BCUT2D eigenvalue weighted by atomic mass is 9.72. The Labute approximate surface area is 502 Å². The zero-order valence-corrected chi connectivity index (χ0v) is 48.3. The molecule has 0 bridgehead atoms. The van der Waals surface area contributed by atoms with Gasteiger partial charge in [-0.2, -0.15) is 0 Å².